The van der Waals surface area contributed by atoms with E-state index in [2.05, 4.69) is 35.0 Å². The van der Waals surface area contributed by atoms with Gasteiger partial charge in [0.1, 0.15) is 0 Å². The minimum atomic E-state index is -0.510. The zero-order valence-corrected chi connectivity index (χ0v) is 23.7. The van der Waals surface area contributed by atoms with Gasteiger partial charge in [0.2, 0.25) is 5.91 Å². The maximum absolute atomic E-state index is 14.6. The van der Waals surface area contributed by atoms with Crippen molar-refractivity contribution in [1.29, 1.82) is 0 Å². The SMILES string of the molecule is COCCN1C(=O)c2ccccc2C(C(=O)N2CCN(c3cccc(Cl)c3)CC2)C1c1c[nH]c2c1CC(C)C=C2. The van der Waals surface area contributed by atoms with Gasteiger partial charge in [-0.1, -0.05) is 48.9 Å². The van der Waals surface area contributed by atoms with Crippen LogP contribution in [0.2, 0.25) is 5.02 Å². The van der Waals surface area contributed by atoms with E-state index in [1.807, 2.05) is 58.5 Å². The van der Waals surface area contributed by atoms with Crippen molar-refractivity contribution in [1.82, 2.24) is 14.8 Å². The molecule has 3 aliphatic rings. The molecule has 0 bridgehead atoms. The van der Waals surface area contributed by atoms with Crippen LogP contribution < -0.4 is 4.90 Å². The molecule has 2 amide bonds. The number of hydrogen-bond acceptors (Lipinski definition) is 4. The second-order valence-corrected chi connectivity index (χ2v) is 11.4. The third-order valence-electron chi connectivity index (χ3n) is 8.50. The van der Waals surface area contributed by atoms with Crippen LogP contribution in [0.15, 0.2) is 60.8 Å². The van der Waals surface area contributed by atoms with Crippen molar-refractivity contribution in [3.8, 4) is 0 Å². The minimum Gasteiger partial charge on any atom is -0.383 e. The summed E-state index contributed by atoms with van der Waals surface area (Å²) in [5.41, 5.74) is 5.76. The Hall–Kier alpha value is -3.55. The molecular formula is C32H35ClN4O3. The number of carbonyl (C=O) groups excluding carboxylic acids is 2. The van der Waals surface area contributed by atoms with Gasteiger partial charge in [-0.25, -0.2) is 0 Å². The molecule has 8 heteroatoms. The molecule has 1 saturated heterocycles. The number of aromatic amines is 1. The molecule has 3 atom stereocenters. The highest BCUT2D eigenvalue weighted by molar-refractivity contribution is 6.30. The Kier molecular flexibility index (Phi) is 7.43. The van der Waals surface area contributed by atoms with Crippen LogP contribution >= 0.6 is 11.6 Å². The molecule has 1 aromatic heterocycles. The van der Waals surface area contributed by atoms with Crippen LogP contribution in [0.5, 0.6) is 0 Å². The molecular weight excluding hydrogens is 524 g/mol. The van der Waals surface area contributed by atoms with Crippen LogP contribution in [-0.4, -0.2) is 73.0 Å². The number of carbonyl (C=O) groups is 2. The van der Waals surface area contributed by atoms with Crippen molar-refractivity contribution in [3.05, 3.63) is 93.8 Å². The lowest BCUT2D eigenvalue weighted by Crippen LogP contribution is -2.54. The second-order valence-electron chi connectivity index (χ2n) is 11.0. The molecule has 2 aliphatic heterocycles. The van der Waals surface area contributed by atoms with Gasteiger partial charge in [0.25, 0.3) is 5.91 Å². The summed E-state index contributed by atoms with van der Waals surface area (Å²) in [6, 6.07) is 15.1. The number of H-pyrrole nitrogens is 1. The molecule has 6 rings (SSSR count). The quantitative estimate of drug-likeness (QED) is 0.454. The van der Waals surface area contributed by atoms with E-state index in [9.17, 15) is 9.59 Å². The van der Waals surface area contributed by atoms with E-state index in [1.165, 1.54) is 5.56 Å². The van der Waals surface area contributed by atoms with Gasteiger partial charge in [-0.2, -0.15) is 0 Å². The molecule has 0 radical (unpaired) electrons. The van der Waals surface area contributed by atoms with Crippen LogP contribution in [0.25, 0.3) is 6.08 Å². The molecule has 3 unspecified atom stereocenters. The Bertz CT molecular complexity index is 1440. The van der Waals surface area contributed by atoms with E-state index in [4.69, 9.17) is 16.3 Å². The number of ether oxygens (including phenoxy) is 1. The first-order chi connectivity index (χ1) is 19.5. The number of halogens is 1. The summed E-state index contributed by atoms with van der Waals surface area (Å²) in [5, 5.41) is 0.706. The van der Waals surface area contributed by atoms with Crippen molar-refractivity contribution in [2.75, 3.05) is 51.3 Å². The Balaban J connectivity index is 1.37. The molecule has 3 aromatic rings. The van der Waals surface area contributed by atoms with E-state index in [-0.39, 0.29) is 11.8 Å². The molecule has 0 saturated carbocycles. The summed E-state index contributed by atoms with van der Waals surface area (Å²) >= 11 is 6.24. The molecule has 3 heterocycles. The summed E-state index contributed by atoms with van der Waals surface area (Å²) in [5.74, 6) is -0.117. The summed E-state index contributed by atoms with van der Waals surface area (Å²) < 4.78 is 5.43. The van der Waals surface area contributed by atoms with Gasteiger partial charge in [0, 0.05) is 68.0 Å². The second kappa shape index (κ2) is 11.1. The molecule has 2 aromatic carbocycles. The average Bonchev–Trinajstić information content (AvgIpc) is 3.39. The van der Waals surface area contributed by atoms with Crippen molar-refractivity contribution in [2.45, 2.75) is 25.3 Å². The number of piperazine rings is 1. The standard InChI is InChI=1S/C32H35ClN4O3/c1-21-10-11-28-26(18-21)27(20-34-28)30-29(24-8-3-4-9-25(24)31(38)37(30)16-17-40-2)32(39)36-14-12-35(13-15-36)23-7-5-6-22(33)19-23/h3-11,19-21,29-30,34H,12-18H2,1-2H3. The lowest BCUT2D eigenvalue weighted by atomic mass is 9.77. The van der Waals surface area contributed by atoms with Gasteiger partial charge >= 0.3 is 0 Å². The number of anilines is 1. The number of methoxy groups -OCH3 is 1. The van der Waals surface area contributed by atoms with Crippen molar-refractivity contribution >= 4 is 35.2 Å². The Morgan fingerprint density at radius 3 is 2.65 bits per heavy atom. The van der Waals surface area contributed by atoms with Gasteiger partial charge in [-0.05, 0) is 59.4 Å². The molecule has 1 fully saturated rings. The zero-order chi connectivity index (χ0) is 27.8. The number of rotatable bonds is 6. The number of fused-ring (bicyclic) bond motifs is 2. The highest BCUT2D eigenvalue weighted by Crippen LogP contribution is 2.46. The lowest BCUT2D eigenvalue weighted by Gasteiger charge is -2.45. The fourth-order valence-electron chi connectivity index (χ4n) is 6.47. The third kappa shape index (κ3) is 4.82. The van der Waals surface area contributed by atoms with E-state index in [1.54, 1.807) is 7.11 Å². The number of allylic oxidation sites excluding steroid dienone is 1. The fourth-order valence-corrected chi connectivity index (χ4v) is 6.66. The fraction of sp³-hybridized carbons (Fsp3) is 0.375. The van der Waals surface area contributed by atoms with Crippen molar-refractivity contribution < 1.29 is 14.3 Å². The van der Waals surface area contributed by atoms with E-state index in [0.717, 1.165) is 42.0 Å². The zero-order valence-electron chi connectivity index (χ0n) is 23.0. The summed E-state index contributed by atoms with van der Waals surface area (Å²) in [6.45, 7) is 5.65. The number of amides is 2. The first-order valence-electron chi connectivity index (χ1n) is 14.0. The maximum Gasteiger partial charge on any atom is 0.254 e. The molecule has 1 N–H and O–H groups in total. The highest BCUT2D eigenvalue weighted by atomic mass is 35.5. The largest absolute Gasteiger partial charge is 0.383 e. The highest BCUT2D eigenvalue weighted by Gasteiger charge is 2.47. The molecule has 208 valence electrons. The number of hydrogen-bond donors (Lipinski definition) is 1. The molecule has 1 aliphatic carbocycles. The third-order valence-corrected chi connectivity index (χ3v) is 8.73. The smallest absolute Gasteiger partial charge is 0.254 e. The minimum absolute atomic E-state index is 0.0539. The summed E-state index contributed by atoms with van der Waals surface area (Å²) in [4.78, 5) is 38.0. The van der Waals surface area contributed by atoms with Gasteiger partial charge in [-0.3, -0.25) is 9.59 Å². The van der Waals surface area contributed by atoms with Crippen molar-refractivity contribution in [3.63, 3.8) is 0 Å². The van der Waals surface area contributed by atoms with Gasteiger partial charge < -0.3 is 24.4 Å². The Morgan fingerprint density at radius 1 is 1.07 bits per heavy atom. The van der Waals surface area contributed by atoms with E-state index in [0.29, 0.717) is 42.7 Å². The number of aromatic nitrogens is 1. The predicted molar refractivity (Wildman–Crippen MR) is 158 cm³/mol. The maximum atomic E-state index is 14.6. The van der Waals surface area contributed by atoms with Gasteiger partial charge in [0.15, 0.2) is 0 Å². The van der Waals surface area contributed by atoms with Crippen LogP contribution in [-0.2, 0) is 16.0 Å². The number of benzene rings is 2. The van der Waals surface area contributed by atoms with Gasteiger partial charge in [0.05, 0.1) is 18.6 Å². The predicted octanol–water partition coefficient (Wildman–Crippen LogP) is 5.15. The van der Waals surface area contributed by atoms with E-state index < -0.39 is 12.0 Å². The molecule has 7 nitrogen and oxygen atoms in total. The molecule has 40 heavy (non-hydrogen) atoms. The van der Waals surface area contributed by atoms with E-state index >= 15 is 0 Å². The topological polar surface area (TPSA) is 68.9 Å². The van der Waals surface area contributed by atoms with Crippen molar-refractivity contribution in [2.24, 2.45) is 5.92 Å². The summed E-state index contributed by atoms with van der Waals surface area (Å²) in [7, 11) is 1.64. The summed E-state index contributed by atoms with van der Waals surface area (Å²) in [6.07, 6.45) is 7.20. The van der Waals surface area contributed by atoms with Crippen LogP contribution in [0.1, 0.15) is 51.6 Å². The monoisotopic (exact) mass is 558 g/mol. The van der Waals surface area contributed by atoms with Gasteiger partial charge in [-0.15, -0.1) is 0 Å². The number of nitrogens with zero attached hydrogens (tertiary/aromatic N) is 3. The Morgan fingerprint density at radius 2 is 1.88 bits per heavy atom. The van der Waals surface area contributed by atoms with Crippen LogP contribution in [0.4, 0.5) is 5.69 Å². The Labute approximate surface area is 240 Å². The average molecular weight is 559 g/mol. The first kappa shape index (κ1) is 26.7. The first-order valence-corrected chi connectivity index (χ1v) is 14.4. The normalized spacial score (nSPS) is 22.3. The lowest BCUT2D eigenvalue weighted by molar-refractivity contribution is -0.135. The molecule has 0 spiro atoms. The van der Waals surface area contributed by atoms with Crippen LogP contribution in [0.3, 0.4) is 0 Å². The van der Waals surface area contributed by atoms with Crippen LogP contribution in [0, 0.1) is 5.92 Å². The number of nitrogens with one attached hydrogen (secondary N) is 1.